The number of likely N-dealkylation sites (tertiary alicyclic amines) is 1. The maximum atomic E-state index is 10.9. The van der Waals surface area contributed by atoms with Crippen LogP contribution in [0.15, 0.2) is 66.7 Å². The molecule has 0 bridgehead atoms. The van der Waals surface area contributed by atoms with E-state index in [1.165, 1.54) is 27.8 Å². The third kappa shape index (κ3) is 6.19. The molecule has 4 rings (SSSR count). The van der Waals surface area contributed by atoms with Gasteiger partial charge in [0.25, 0.3) is 0 Å². The third-order valence-electron chi connectivity index (χ3n) is 6.73. The average Bonchev–Trinajstić information content (AvgIpc) is 2.78. The van der Waals surface area contributed by atoms with Crippen LogP contribution in [0.5, 0.6) is 5.75 Å². The van der Waals surface area contributed by atoms with Gasteiger partial charge in [-0.05, 0) is 78.8 Å². The van der Waals surface area contributed by atoms with Crippen LogP contribution in [-0.4, -0.2) is 35.7 Å². The van der Waals surface area contributed by atoms with Crippen LogP contribution >= 0.6 is 11.6 Å². The SMILES string of the molecule is Cc1ccc(C(CCCOc2ccc(CN3CC(C(=O)O)C3)cc2)c2cccc(Cl)c2)cc1C. The van der Waals surface area contributed by atoms with Crippen LogP contribution in [0.2, 0.25) is 5.02 Å². The highest BCUT2D eigenvalue weighted by Gasteiger charge is 2.32. The van der Waals surface area contributed by atoms with Crippen molar-refractivity contribution < 1.29 is 14.6 Å². The van der Waals surface area contributed by atoms with Gasteiger partial charge in [0, 0.05) is 30.6 Å². The van der Waals surface area contributed by atoms with Crippen LogP contribution in [-0.2, 0) is 11.3 Å². The second kappa shape index (κ2) is 11.1. The van der Waals surface area contributed by atoms with Gasteiger partial charge >= 0.3 is 5.97 Å². The molecule has 1 aliphatic heterocycles. The van der Waals surface area contributed by atoms with E-state index in [9.17, 15) is 4.79 Å². The van der Waals surface area contributed by atoms with Gasteiger partial charge in [0.05, 0.1) is 12.5 Å². The third-order valence-corrected chi connectivity index (χ3v) is 6.96. The number of aryl methyl sites for hydroxylation is 2. The van der Waals surface area contributed by atoms with Gasteiger partial charge in [0.1, 0.15) is 5.75 Å². The van der Waals surface area contributed by atoms with E-state index in [0.29, 0.717) is 19.7 Å². The summed E-state index contributed by atoms with van der Waals surface area (Å²) in [7, 11) is 0. The Morgan fingerprint density at radius 2 is 1.76 bits per heavy atom. The first-order valence-electron chi connectivity index (χ1n) is 11.9. The Morgan fingerprint density at radius 3 is 2.44 bits per heavy atom. The smallest absolute Gasteiger partial charge is 0.309 e. The standard InChI is InChI=1S/C29H32ClNO3/c1-20-8-11-24(15-21(20)2)28(23-5-3-6-26(30)16-23)7-4-14-34-27-12-9-22(10-13-27)17-31-18-25(19-31)29(32)33/h3,5-6,8-13,15-16,25,28H,4,7,14,17-19H2,1-2H3,(H,32,33). The zero-order valence-electron chi connectivity index (χ0n) is 19.8. The van der Waals surface area contributed by atoms with E-state index in [4.69, 9.17) is 21.4 Å². The Hall–Kier alpha value is -2.82. The van der Waals surface area contributed by atoms with E-state index in [0.717, 1.165) is 30.2 Å². The number of carboxylic acids is 1. The van der Waals surface area contributed by atoms with E-state index in [1.54, 1.807) is 0 Å². The Kier molecular flexibility index (Phi) is 7.91. The molecule has 1 heterocycles. The zero-order valence-corrected chi connectivity index (χ0v) is 20.6. The molecule has 1 aliphatic rings. The Balaban J connectivity index is 1.31. The molecule has 0 amide bonds. The molecule has 1 saturated heterocycles. The first-order chi connectivity index (χ1) is 16.4. The van der Waals surface area contributed by atoms with Crippen LogP contribution in [0.4, 0.5) is 0 Å². The van der Waals surface area contributed by atoms with Gasteiger partial charge in [-0.15, -0.1) is 0 Å². The van der Waals surface area contributed by atoms with Crippen molar-refractivity contribution in [2.45, 2.75) is 39.2 Å². The fraction of sp³-hybridized carbons (Fsp3) is 0.345. The van der Waals surface area contributed by atoms with Crippen molar-refractivity contribution in [2.75, 3.05) is 19.7 Å². The van der Waals surface area contributed by atoms with Crippen LogP contribution in [0.25, 0.3) is 0 Å². The number of halogens is 1. The molecule has 178 valence electrons. The van der Waals surface area contributed by atoms with Gasteiger partial charge < -0.3 is 9.84 Å². The number of hydrogen-bond donors (Lipinski definition) is 1. The van der Waals surface area contributed by atoms with Gasteiger partial charge in [-0.2, -0.15) is 0 Å². The Morgan fingerprint density at radius 1 is 1.03 bits per heavy atom. The molecule has 0 aromatic heterocycles. The topological polar surface area (TPSA) is 49.8 Å². The monoisotopic (exact) mass is 477 g/mol. The zero-order chi connectivity index (χ0) is 24.1. The quantitative estimate of drug-likeness (QED) is 0.340. The number of nitrogens with zero attached hydrogens (tertiary/aromatic N) is 1. The Labute approximate surface area is 207 Å². The molecule has 1 unspecified atom stereocenters. The number of ether oxygens (including phenoxy) is 1. The summed E-state index contributed by atoms with van der Waals surface area (Å²) in [6, 6.07) is 23.0. The predicted octanol–water partition coefficient (Wildman–Crippen LogP) is 6.46. The lowest BCUT2D eigenvalue weighted by molar-refractivity contribution is -0.147. The summed E-state index contributed by atoms with van der Waals surface area (Å²) >= 11 is 6.30. The molecule has 0 spiro atoms. The number of benzene rings is 3. The van der Waals surface area contributed by atoms with Gasteiger partial charge in [-0.1, -0.05) is 54.1 Å². The molecule has 0 aliphatic carbocycles. The van der Waals surface area contributed by atoms with Gasteiger partial charge in [-0.3, -0.25) is 9.69 Å². The molecule has 34 heavy (non-hydrogen) atoms. The summed E-state index contributed by atoms with van der Waals surface area (Å²) in [5.74, 6) is 0.216. The molecule has 5 heteroatoms. The van der Waals surface area contributed by atoms with Crippen LogP contribution in [0.1, 0.15) is 46.6 Å². The largest absolute Gasteiger partial charge is 0.494 e. The van der Waals surface area contributed by atoms with E-state index in [-0.39, 0.29) is 11.8 Å². The molecular formula is C29H32ClNO3. The van der Waals surface area contributed by atoms with Gasteiger partial charge in [-0.25, -0.2) is 0 Å². The summed E-state index contributed by atoms with van der Waals surface area (Å²) in [5.41, 5.74) is 6.32. The Bertz CT molecular complexity index is 1120. The summed E-state index contributed by atoms with van der Waals surface area (Å²) in [6.07, 6.45) is 1.90. The minimum absolute atomic E-state index is 0.220. The van der Waals surface area contributed by atoms with Crippen LogP contribution < -0.4 is 4.74 Å². The first kappa shape index (κ1) is 24.3. The van der Waals surface area contributed by atoms with Crippen molar-refractivity contribution >= 4 is 17.6 Å². The normalized spacial score (nSPS) is 15.0. The fourth-order valence-electron chi connectivity index (χ4n) is 4.51. The van der Waals surface area contributed by atoms with Crippen molar-refractivity contribution in [2.24, 2.45) is 5.92 Å². The average molecular weight is 478 g/mol. The molecule has 1 atom stereocenters. The minimum Gasteiger partial charge on any atom is -0.494 e. The number of rotatable bonds is 10. The highest BCUT2D eigenvalue weighted by Crippen LogP contribution is 2.32. The molecular weight excluding hydrogens is 446 g/mol. The molecule has 3 aromatic rings. The van der Waals surface area contributed by atoms with Crippen molar-refractivity contribution in [1.82, 2.24) is 4.90 Å². The van der Waals surface area contributed by atoms with Gasteiger partial charge in [0.15, 0.2) is 0 Å². The van der Waals surface area contributed by atoms with Crippen molar-refractivity contribution in [3.8, 4) is 5.75 Å². The predicted molar refractivity (Wildman–Crippen MR) is 137 cm³/mol. The second-order valence-electron chi connectivity index (χ2n) is 9.32. The molecule has 4 nitrogen and oxygen atoms in total. The number of carbonyl (C=O) groups is 1. The lowest BCUT2D eigenvalue weighted by atomic mass is 9.86. The number of aliphatic carboxylic acids is 1. The number of hydrogen-bond acceptors (Lipinski definition) is 3. The van der Waals surface area contributed by atoms with E-state index < -0.39 is 5.97 Å². The van der Waals surface area contributed by atoms with Crippen LogP contribution in [0, 0.1) is 19.8 Å². The highest BCUT2D eigenvalue weighted by atomic mass is 35.5. The summed E-state index contributed by atoms with van der Waals surface area (Å²) in [5, 5.41) is 9.77. The highest BCUT2D eigenvalue weighted by molar-refractivity contribution is 6.30. The maximum Gasteiger partial charge on any atom is 0.309 e. The molecule has 0 saturated carbocycles. The summed E-state index contributed by atoms with van der Waals surface area (Å²) < 4.78 is 6.03. The minimum atomic E-state index is -0.699. The van der Waals surface area contributed by atoms with Crippen molar-refractivity contribution in [3.63, 3.8) is 0 Å². The van der Waals surface area contributed by atoms with E-state index in [2.05, 4.69) is 61.2 Å². The molecule has 1 N–H and O–H groups in total. The summed E-state index contributed by atoms with van der Waals surface area (Å²) in [6.45, 7) is 6.98. The van der Waals surface area contributed by atoms with E-state index in [1.807, 2.05) is 24.3 Å². The van der Waals surface area contributed by atoms with Crippen LogP contribution in [0.3, 0.4) is 0 Å². The first-order valence-corrected chi connectivity index (χ1v) is 12.3. The van der Waals surface area contributed by atoms with Crippen molar-refractivity contribution in [3.05, 3.63) is 99.6 Å². The molecule has 1 fully saturated rings. The van der Waals surface area contributed by atoms with Gasteiger partial charge in [0.2, 0.25) is 0 Å². The molecule has 0 radical (unpaired) electrons. The number of carboxylic acid groups (broad SMARTS) is 1. The second-order valence-corrected chi connectivity index (χ2v) is 9.75. The van der Waals surface area contributed by atoms with Crippen molar-refractivity contribution in [1.29, 1.82) is 0 Å². The fourth-order valence-corrected chi connectivity index (χ4v) is 4.71. The lowest BCUT2D eigenvalue weighted by Crippen LogP contribution is -2.49. The van der Waals surface area contributed by atoms with E-state index >= 15 is 0 Å². The molecule has 3 aromatic carbocycles. The summed E-state index contributed by atoms with van der Waals surface area (Å²) in [4.78, 5) is 13.1. The maximum absolute atomic E-state index is 10.9. The lowest BCUT2D eigenvalue weighted by Gasteiger charge is -2.36.